The van der Waals surface area contributed by atoms with Gasteiger partial charge in [0.2, 0.25) is 5.91 Å². The molecule has 0 fully saturated rings. The number of aliphatic carboxylic acids is 1. The summed E-state index contributed by atoms with van der Waals surface area (Å²) in [6.07, 6.45) is -3.87. The van der Waals surface area contributed by atoms with Crippen LogP contribution in [0.5, 0.6) is 0 Å². The molecule has 1 amide bonds. The highest BCUT2D eigenvalue weighted by atomic mass is 79.9. The number of ether oxygens (including phenoxy) is 1. The molecule has 178 valence electrons. The molecule has 7 nitrogen and oxygen atoms in total. The van der Waals surface area contributed by atoms with E-state index in [1.807, 2.05) is 24.3 Å². The lowest BCUT2D eigenvalue weighted by Crippen LogP contribution is -2.44. The van der Waals surface area contributed by atoms with Gasteiger partial charge in [0.1, 0.15) is 11.9 Å². The van der Waals surface area contributed by atoms with E-state index < -0.39 is 36.0 Å². The number of carbonyl (C=O) groups is 3. The molecule has 0 aliphatic carbocycles. The molecule has 0 saturated heterocycles. The Morgan fingerprint density at radius 3 is 2.45 bits per heavy atom. The highest BCUT2D eigenvalue weighted by Crippen LogP contribution is 2.26. The van der Waals surface area contributed by atoms with Crippen molar-refractivity contribution in [1.29, 1.82) is 0 Å². The molecule has 3 N–H and O–H groups in total. The topological polar surface area (TPSA) is 105 Å². The molecule has 1 heterocycles. The van der Waals surface area contributed by atoms with E-state index in [1.165, 1.54) is 25.3 Å². The van der Waals surface area contributed by atoms with Crippen molar-refractivity contribution in [2.24, 2.45) is 0 Å². The first-order valence-corrected chi connectivity index (χ1v) is 10.2. The molecule has 2 aromatic rings. The van der Waals surface area contributed by atoms with Crippen molar-refractivity contribution in [2.75, 3.05) is 12.4 Å². The van der Waals surface area contributed by atoms with Crippen molar-refractivity contribution in [3.8, 4) is 0 Å². The fourth-order valence-electron chi connectivity index (χ4n) is 2.98. The number of methoxy groups -OCH3 is 1. The van der Waals surface area contributed by atoms with E-state index in [2.05, 4.69) is 26.6 Å². The number of para-hydroxylation sites is 1. The molecule has 0 bridgehead atoms. The predicted molar refractivity (Wildman–Crippen MR) is 113 cm³/mol. The maximum atomic E-state index is 13.5. The average Bonchev–Trinajstić information content (AvgIpc) is 2.91. The van der Waals surface area contributed by atoms with E-state index in [1.54, 1.807) is 0 Å². The number of anilines is 1. The smallest absolute Gasteiger partial charge is 0.475 e. The maximum absolute atomic E-state index is 13.5. The first-order valence-electron chi connectivity index (χ1n) is 9.41. The van der Waals surface area contributed by atoms with Gasteiger partial charge in [-0.25, -0.2) is 14.0 Å². The summed E-state index contributed by atoms with van der Waals surface area (Å²) in [5.41, 5.74) is 2.34. The molecule has 2 atom stereocenters. The Labute approximate surface area is 194 Å². The lowest BCUT2D eigenvalue weighted by molar-refractivity contribution is -0.192. The number of aryl methyl sites for hydroxylation is 1. The number of benzene rings is 2. The molecule has 1 aliphatic heterocycles. The molecule has 12 heteroatoms. The lowest BCUT2D eigenvalue weighted by atomic mass is 10.0. The van der Waals surface area contributed by atoms with Gasteiger partial charge in [0, 0.05) is 5.69 Å². The van der Waals surface area contributed by atoms with E-state index in [4.69, 9.17) is 14.6 Å². The second-order valence-corrected chi connectivity index (χ2v) is 7.69. The second kappa shape index (κ2) is 11.2. The van der Waals surface area contributed by atoms with Crippen molar-refractivity contribution < 1.29 is 41.8 Å². The minimum absolute atomic E-state index is 0.218. The Morgan fingerprint density at radius 1 is 1.24 bits per heavy atom. The van der Waals surface area contributed by atoms with Gasteiger partial charge in [-0.3, -0.25) is 10.1 Å². The number of amides is 1. The number of alkyl halides is 3. The number of rotatable bonds is 4. The van der Waals surface area contributed by atoms with Crippen LogP contribution in [0.15, 0.2) is 46.9 Å². The van der Waals surface area contributed by atoms with Crippen LogP contribution < -0.4 is 10.6 Å². The third-order valence-electron chi connectivity index (χ3n) is 4.62. The summed E-state index contributed by atoms with van der Waals surface area (Å²) >= 11 is 3.12. The van der Waals surface area contributed by atoms with Crippen molar-refractivity contribution >= 4 is 39.5 Å². The van der Waals surface area contributed by atoms with Crippen LogP contribution in [-0.4, -0.2) is 42.3 Å². The van der Waals surface area contributed by atoms with Crippen LogP contribution in [0.1, 0.15) is 23.6 Å². The average molecular weight is 535 g/mol. The maximum Gasteiger partial charge on any atom is 0.490 e. The standard InChI is InChI=1S/C19H18BrFN2O3.C2HF3O2/c1-26-19(25)17(12-6-8-14(21)13(20)10-12)22-16-9-7-11-4-2-3-5-15(11)23-18(16)24;3-2(4,5)1(6)7/h2-6,8,10,16-17,22H,7,9H2,1H3,(H,23,24);(H,6,7). The molecule has 0 spiro atoms. The third kappa shape index (κ3) is 7.26. The van der Waals surface area contributed by atoms with E-state index >= 15 is 0 Å². The van der Waals surface area contributed by atoms with Crippen LogP contribution in [0.25, 0.3) is 0 Å². The number of fused-ring (bicyclic) bond motifs is 1. The zero-order chi connectivity index (χ0) is 24.8. The molecular formula is C21H19BrF4N2O5. The summed E-state index contributed by atoms with van der Waals surface area (Å²) in [7, 11) is 1.28. The highest BCUT2D eigenvalue weighted by molar-refractivity contribution is 9.10. The van der Waals surface area contributed by atoms with Gasteiger partial charge in [-0.15, -0.1) is 0 Å². The Bertz CT molecular complexity index is 1030. The van der Waals surface area contributed by atoms with E-state index in [-0.39, 0.29) is 10.4 Å². The van der Waals surface area contributed by atoms with Crippen LogP contribution in [0.2, 0.25) is 0 Å². The number of halogens is 5. The van der Waals surface area contributed by atoms with Crippen LogP contribution >= 0.6 is 15.9 Å². The number of esters is 1. The largest absolute Gasteiger partial charge is 0.490 e. The Kier molecular flexibility index (Phi) is 8.94. The molecule has 0 radical (unpaired) electrons. The van der Waals surface area contributed by atoms with Crippen LogP contribution in [0, 0.1) is 5.82 Å². The summed E-state index contributed by atoms with van der Waals surface area (Å²) in [6, 6.07) is 10.4. The van der Waals surface area contributed by atoms with Gasteiger partial charge in [0.15, 0.2) is 0 Å². The quantitative estimate of drug-likeness (QED) is 0.405. The Morgan fingerprint density at radius 2 is 1.88 bits per heavy atom. The lowest BCUT2D eigenvalue weighted by Gasteiger charge is -2.23. The summed E-state index contributed by atoms with van der Waals surface area (Å²) < 4.78 is 50.4. The molecular weight excluding hydrogens is 516 g/mol. The zero-order valence-corrected chi connectivity index (χ0v) is 18.7. The number of hydrogen-bond acceptors (Lipinski definition) is 5. The fraction of sp³-hybridized carbons (Fsp3) is 0.286. The third-order valence-corrected chi connectivity index (χ3v) is 5.23. The van der Waals surface area contributed by atoms with Crippen LogP contribution in [-0.2, 0) is 25.5 Å². The highest BCUT2D eigenvalue weighted by Gasteiger charge is 2.38. The van der Waals surface area contributed by atoms with Gasteiger partial charge in [-0.1, -0.05) is 24.3 Å². The Hall–Kier alpha value is -2.99. The predicted octanol–water partition coefficient (Wildman–Crippen LogP) is 3.98. The van der Waals surface area contributed by atoms with Crippen molar-refractivity contribution in [2.45, 2.75) is 31.1 Å². The van der Waals surface area contributed by atoms with Crippen LogP contribution in [0.3, 0.4) is 0 Å². The number of carboxylic acids is 1. The number of carboxylic acid groups (broad SMARTS) is 1. The monoisotopic (exact) mass is 534 g/mol. The normalized spacial score (nSPS) is 16.3. The molecule has 33 heavy (non-hydrogen) atoms. The molecule has 2 unspecified atom stereocenters. The van der Waals surface area contributed by atoms with Gasteiger partial charge in [0.05, 0.1) is 17.6 Å². The van der Waals surface area contributed by atoms with E-state index in [9.17, 15) is 27.2 Å². The first-order chi connectivity index (χ1) is 15.4. The molecule has 1 aliphatic rings. The van der Waals surface area contributed by atoms with Crippen LogP contribution in [0.4, 0.5) is 23.2 Å². The van der Waals surface area contributed by atoms with Gasteiger partial charge >= 0.3 is 18.1 Å². The van der Waals surface area contributed by atoms with Gasteiger partial charge in [-0.05, 0) is 58.1 Å². The van der Waals surface area contributed by atoms with Crippen molar-refractivity contribution in [3.63, 3.8) is 0 Å². The van der Waals surface area contributed by atoms with E-state index in [0.29, 0.717) is 18.4 Å². The fourth-order valence-corrected chi connectivity index (χ4v) is 3.38. The van der Waals surface area contributed by atoms with Crippen molar-refractivity contribution in [1.82, 2.24) is 5.32 Å². The Balaban J connectivity index is 0.000000479. The summed E-state index contributed by atoms with van der Waals surface area (Å²) in [5.74, 6) is -3.95. The first kappa shape index (κ1) is 26.3. The summed E-state index contributed by atoms with van der Waals surface area (Å²) in [6.45, 7) is 0. The van der Waals surface area contributed by atoms with Gasteiger partial charge < -0.3 is 15.2 Å². The molecule has 0 aromatic heterocycles. The molecule has 2 aromatic carbocycles. The minimum atomic E-state index is -5.08. The molecule has 3 rings (SSSR count). The SMILES string of the molecule is COC(=O)C(NC1CCc2ccccc2NC1=O)c1ccc(F)c(Br)c1.O=C(O)C(F)(F)F. The number of hydrogen-bond donors (Lipinski definition) is 3. The number of carbonyl (C=O) groups excluding carboxylic acids is 2. The van der Waals surface area contributed by atoms with Crippen molar-refractivity contribution in [3.05, 3.63) is 63.9 Å². The van der Waals surface area contributed by atoms with E-state index in [0.717, 1.165) is 11.3 Å². The molecule has 0 saturated carbocycles. The summed E-state index contributed by atoms with van der Waals surface area (Å²) in [5, 5.41) is 13.1. The number of nitrogens with one attached hydrogen (secondary N) is 2. The second-order valence-electron chi connectivity index (χ2n) is 6.84. The minimum Gasteiger partial charge on any atom is -0.475 e. The van der Waals surface area contributed by atoms with Gasteiger partial charge in [0.25, 0.3) is 0 Å². The van der Waals surface area contributed by atoms with Gasteiger partial charge in [-0.2, -0.15) is 13.2 Å². The zero-order valence-electron chi connectivity index (χ0n) is 17.1. The summed E-state index contributed by atoms with van der Waals surface area (Å²) in [4.78, 5) is 33.7.